The Labute approximate surface area is 173 Å². The fourth-order valence-electron chi connectivity index (χ4n) is 3.04. The van der Waals surface area contributed by atoms with E-state index in [9.17, 15) is 13.2 Å². The number of benzene rings is 2. The maximum atomic E-state index is 12.3. The molecular formula is C22H30N2O4S. The lowest BCUT2D eigenvalue weighted by atomic mass is 10.1. The first-order valence-electron chi connectivity index (χ1n) is 9.60. The molecule has 0 bridgehead atoms. The van der Waals surface area contributed by atoms with Gasteiger partial charge >= 0.3 is 0 Å². The molecule has 7 heteroatoms. The molecule has 0 unspecified atom stereocenters. The quantitative estimate of drug-likeness (QED) is 0.673. The van der Waals surface area contributed by atoms with Crippen molar-refractivity contribution in [2.45, 2.75) is 39.7 Å². The minimum Gasteiger partial charge on any atom is -0.497 e. The summed E-state index contributed by atoms with van der Waals surface area (Å²) in [7, 11) is -1.82. The van der Waals surface area contributed by atoms with Gasteiger partial charge in [0, 0.05) is 13.0 Å². The lowest BCUT2D eigenvalue weighted by Gasteiger charge is -2.23. The van der Waals surface area contributed by atoms with E-state index in [0.717, 1.165) is 22.4 Å². The summed E-state index contributed by atoms with van der Waals surface area (Å²) in [5, 5.41) is 2.95. The summed E-state index contributed by atoms with van der Waals surface area (Å²) in [6, 6.07) is 13.0. The number of ether oxygens (including phenoxy) is 1. The zero-order valence-electron chi connectivity index (χ0n) is 17.7. The maximum Gasteiger partial charge on any atom is 0.232 e. The first-order chi connectivity index (χ1) is 13.6. The van der Waals surface area contributed by atoms with Crippen molar-refractivity contribution in [3.05, 3.63) is 59.2 Å². The molecule has 0 saturated carbocycles. The van der Waals surface area contributed by atoms with Crippen molar-refractivity contribution in [1.82, 2.24) is 5.32 Å². The summed E-state index contributed by atoms with van der Waals surface area (Å²) in [4.78, 5) is 12.3. The zero-order valence-corrected chi connectivity index (χ0v) is 18.5. The van der Waals surface area contributed by atoms with Crippen LogP contribution in [0.3, 0.4) is 0 Å². The molecule has 0 spiro atoms. The van der Waals surface area contributed by atoms with Gasteiger partial charge in [-0.05, 0) is 68.1 Å². The van der Waals surface area contributed by atoms with Gasteiger partial charge in [-0.25, -0.2) is 8.42 Å². The average Bonchev–Trinajstić information content (AvgIpc) is 2.66. The number of hydrogen-bond donors (Lipinski definition) is 1. The SMILES string of the molecule is COc1ccc([C@@H](C)NC(=O)CCCN(c2ccc(C)c(C)c2)S(C)(=O)=O)cc1. The second-order valence-electron chi connectivity index (χ2n) is 7.27. The van der Waals surface area contributed by atoms with E-state index in [1.54, 1.807) is 13.2 Å². The number of methoxy groups -OCH3 is 1. The maximum absolute atomic E-state index is 12.3. The Morgan fingerprint density at radius 1 is 1.10 bits per heavy atom. The highest BCUT2D eigenvalue weighted by Crippen LogP contribution is 2.22. The molecule has 0 aliphatic carbocycles. The number of nitrogens with zero attached hydrogens (tertiary/aromatic N) is 1. The van der Waals surface area contributed by atoms with E-state index >= 15 is 0 Å². The third kappa shape index (κ3) is 6.49. The number of nitrogens with one attached hydrogen (secondary N) is 1. The molecule has 0 fully saturated rings. The van der Waals surface area contributed by atoms with Crippen LogP contribution in [0.1, 0.15) is 42.5 Å². The Morgan fingerprint density at radius 2 is 1.76 bits per heavy atom. The van der Waals surface area contributed by atoms with Gasteiger partial charge in [-0.3, -0.25) is 9.10 Å². The predicted octanol–water partition coefficient (Wildman–Crippen LogP) is 3.74. The number of rotatable bonds is 9. The van der Waals surface area contributed by atoms with E-state index < -0.39 is 10.0 Å². The van der Waals surface area contributed by atoms with Crippen LogP contribution in [0.15, 0.2) is 42.5 Å². The summed E-state index contributed by atoms with van der Waals surface area (Å²) in [5.41, 5.74) is 3.74. The Morgan fingerprint density at radius 3 is 2.31 bits per heavy atom. The van der Waals surface area contributed by atoms with Gasteiger partial charge in [0.1, 0.15) is 5.75 Å². The molecule has 158 valence electrons. The van der Waals surface area contributed by atoms with Crippen molar-refractivity contribution >= 4 is 21.6 Å². The number of carbonyl (C=O) groups is 1. The first-order valence-corrected chi connectivity index (χ1v) is 11.4. The van der Waals surface area contributed by atoms with E-state index in [-0.39, 0.29) is 24.9 Å². The second kappa shape index (κ2) is 9.78. The molecule has 0 heterocycles. The summed E-state index contributed by atoms with van der Waals surface area (Å²) < 4.78 is 31.0. The van der Waals surface area contributed by atoms with E-state index in [4.69, 9.17) is 4.74 Å². The summed E-state index contributed by atoms with van der Waals surface area (Å²) in [5.74, 6) is 0.654. The highest BCUT2D eigenvalue weighted by molar-refractivity contribution is 7.92. The third-order valence-electron chi connectivity index (χ3n) is 4.94. The van der Waals surface area contributed by atoms with E-state index in [0.29, 0.717) is 12.1 Å². The van der Waals surface area contributed by atoms with Crippen molar-refractivity contribution in [3.8, 4) is 5.75 Å². The molecular weight excluding hydrogens is 388 g/mol. The van der Waals surface area contributed by atoms with Crippen LogP contribution in [0.5, 0.6) is 5.75 Å². The number of sulfonamides is 1. The number of amides is 1. The lowest BCUT2D eigenvalue weighted by molar-refractivity contribution is -0.121. The van der Waals surface area contributed by atoms with Crippen molar-refractivity contribution in [2.24, 2.45) is 0 Å². The van der Waals surface area contributed by atoms with Crippen LogP contribution in [0, 0.1) is 13.8 Å². The Bertz CT molecular complexity index is 940. The van der Waals surface area contributed by atoms with E-state index in [1.807, 2.05) is 57.2 Å². The molecule has 1 N–H and O–H groups in total. The van der Waals surface area contributed by atoms with Gasteiger partial charge in [-0.2, -0.15) is 0 Å². The molecule has 0 aliphatic rings. The summed E-state index contributed by atoms with van der Waals surface area (Å²) >= 11 is 0. The van der Waals surface area contributed by atoms with E-state index in [2.05, 4.69) is 5.32 Å². The van der Waals surface area contributed by atoms with Crippen LogP contribution in [0.25, 0.3) is 0 Å². The second-order valence-corrected chi connectivity index (χ2v) is 9.18. The number of carbonyl (C=O) groups excluding carboxylic acids is 1. The molecule has 1 amide bonds. The zero-order chi connectivity index (χ0) is 21.6. The smallest absolute Gasteiger partial charge is 0.232 e. The van der Waals surface area contributed by atoms with Crippen molar-refractivity contribution in [1.29, 1.82) is 0 Å². The fourth-order valence-corrected chi connectivity index (χ4v) is 4.00. The van der Waals surface area contributed by atoms with Crippen LogP contribution in [-0.4, -0.2) is 34.2 Å². The van der Waals surface area contributed by atoms with Gasteiger partial charge in [0.25, 0.3) is 0 Å². The molecule has 6 nitrogen and oxygen atoms in total. The van der Waals surface area contributed by atoms with Gasteiger partial charge in [0.05, 0.1) is 25.1 Å². The predicted molar refractivity (Wildman–Crippen MR) is 117 cm³/mol. The molecule has 0 radical (unpaired) electrons. The van der Waals surface area contributed by atoms with Crippen molar-refractivity contribution in [2.75, 3.05) is 24.2 Å². The standard InChI is InChI=1S/C22H30N2O4S/c1-16-8-11-20(15-17(16)2)24(29(5,26)27)14-6-7-22(25)23-18(3)19-9-12-21(28-4)13-10-19/h8-13,15,18H,6-7,14H2,1-5H3,(H,23,25)/t18-/m1/s1. The van der Waals surface area contributed by atoms with Gasteiger partial charge in [0.15, 0.2) is 0 Å². The lowest BCUT2D eigenvalue weighted by Crippen LogP contribution is -2.32. The normalized spacial score (nSPS) is 12.3. The fraction of sp³-hybridized carbons (Fsp3) is 0.409. The van der Waals surface area contributed by atoms with Gasteiger partial charge in [-0.1, -0.05) is 18.2 Å². The van der Waals surface area contributed by atoms with E-state index in [1.165, 1.54) is 10.6 Å². The molecule has 0 aliphatic heterocycles. The van der Waals surface area contributed by atoms with Crippen LogP contribution in [-0.2, 0) is 14.8 Å². The monoisotopic (exact) mass is 418 g/mol. The van der Waals surface area contributed by atoms with Crippen LogP contribution >= 0.6 is 0 Å². The molecule has 2 aromatic rings. The molecule has 29 heavy (non-hydrogen) atoms. The summed E-state index contributed by atoms with van der Waals surface area (Å²) in [6.07, 6.45) is 1.87. The number of hydrogen-bond acceptors (Lipinski definition) is 4. The summed E-state index contributed by atoms with van der Waals surface area (Å²) in [6.45, 7) is 6.11. The van der Waals surface area contributed by atoms with Gasteiger partial charge in [0.2, 0.25) is 15.9 Å². The van der Waals surface area contributed by atoms with Crippen LogP contribution in [0.4, 0.5) is 5.69 Å². The molecule has 2 rings (SSSR count). The highest BCUT2D eigenvalue weighted by Gasteiger charge is 2.18. The third-order valence-corrected chi connectivity index (χ3v) is 6.13. The first kappa shape index (κ1) is 22.7. The minimum atomic E-state index is -3.43. The number of aryl methyl sites for hydroxylation is 2. The van der Waals surface area contributed by atoms with Crippen LogP contribution < -0.4 is 14.4 Å². The minimum absolute atomic E-state index is 0.109. The Balaban J connectivity index is 1.94. The molecule has 1 atom stereocenters. The van der Waals surface area contributed by atoms with Gasteiger partial charge < -0.3 is 10.1 Å². The number of anilines is 1. The van der Waals surface area contributed by atoms with Crippen molar-refractivity contribution < 1.29 is 17.9 Å². The Hall–Kier alpha value is -2.54. The van der Waals surface area contributed by atoms with Crippen LogP contribution in [0.2, 0.25) is 0 Å². The Kier molecular flexibility index (Phi) is 7.67. The highest BCUT2D eigenvalue weighted by atomic mass is 32.2. The largest absolute Gasteiger partial charge is 0.497 e. The molecule has 0 aromatic heterocycles. The topological polar surface area (TPSA) is 75.7 Å². The molecule has 0 saturated heterocycles. The average molecular weight is 419 g/mol. The molecule has 2 aromatic carbocycles. The van der Waals surface area contributed by atoms with Gasteiger partial charge in [-0.15, -0.1) is 0 Å². The van der Waals surface area contributed by atoms with Crippen molar-refractivity contribution in [3.63, 3.8) is 0 Å².